The second-order valence-electron chi connectivity index (χ2n) is 28.8. The lowest BCUT2D eigenvalue weighted by molar-refractivity contribution is -0.292. The van der Waals surface area contributed by atoms with E-state index in [0.29, 0.717) is 22.3 Å². The molecular weight excluding hydrogens is 1030 g/mol. The van der Waals surface area contributed by atoms with Crippen molar-refractivity contribution in [3.63, 3.8) is 0 Å². The van der Waals surface area contributed by atoms with Crippen molar-refractivity contribution >= 4 is 57.7 Å². The Morgan fingerprint density at radius 2 is 1.04 bits per heavy atom. The number of ketones is 1. The van der Waals surface area contributed by atoms with Crippen LogP contribution in [0.15, 0.2) is 54.3 Å². The fourth-order valence-corrected chi connectivity index (χ4v) is 12.0. The number of nitrogens with zero attached hydrogens (tertiary/aromatic N) is 2. The predicted octanol–water partition coefficient (Wildman–Crippen LogP) is 10.9. The van der Waals surface area contributed by atoms with Gasteiger partial charge in [-0.05, 0) is 125 Å². The second-order valence-corrected chi connectivity index (χ2v) is 28.8. The number of esters is 2. The summed E-state index contributed by atoms with van der Waals surface area (Å²) >= 11 is 0. The minimum Gasteiger partial charge on any atom is -0.871 e. The Morgan fingerprint density at radius 1 is 0.610 bits per heavy atom. The third-order valence-electron chi connectivity index (χ3n) is 17.2. The van der Waals surface area contributed by atoms with Gasteiger partial charge in [-0.25, -0.2) is 4.58 Å². The van der Waals surface area contributed by atoms with E-state index in [1.807, 2.05) is 107 Å². The van der Waals surface area contributed by atoms with Gasteiger partial charge in [0, 0.05) is 91.8 Å². The van der Waals surface area contributed by atoms with Crippen molar-refractivity contribution in [1.82, 2.24) is 4.58 Å². The fourth-order valence-electron chi connectivity index (χ4n) is 12.0. The zero-order valence-corrected chi connectivity index (χ0v) is 52.8. The monoisotopic (exact) mass is 1120 g/mol. The zero-order chi connectivity index (χ0) is 61.6. The van der Waals surface area contributed by atoms with Crippen LogP contribution in [0.5, 0.6) is 23.0 Å². The molecule has 4 N–H and O–H groups in total. The number of Topliss-reactive ketones (excluding diaryl/α,β-unsaturated/α-hetero) is 1. The normalized spacial score (nSPS) is 18.4. The number of benzene rings is 4. The smallest absolute Gasteiger partial charge is 0.311 e. The summed E-state index contributed by atoms with van der Waals surface area (Å²) in [5.74, 6) is -2.70. The molecule has 0 saturated carbocycles. The molecule has 2 heterocycles. The Hall–Kier alpha value is -6.96. The molecule has 4 aromatic rings. The average molecular weight is 1120 g/mol. The second kappa shape index (κ2) is 21.7. The topological polar surface area (TPSA) is 198 Å². The van der Waals surface area contributed by atoms with Gasteiger partial charge < -0.3 is 40.3 Å². The maximum Gasteiger partial charge on any atom is 0.311 e. The lowest BCUT2D eigenvalue weighted by atomic mass is 9.76. The number of rotatable bonds is 13. The fraction of sp³-hybridized carbons (Fsp3) is 0.529. The van der Waals surface area contributed by atoms with Crippen LogP contribution in [0.3, 0.4) is 0 Å². The summed E-state index contributed by atoms with van der Waals surface area (Å²) in [6.45, 7) is 44.6. The molecule has 0 radical (unpaired) electrons. The van der Waals surface area contributed by atoms with Crippen molar-refractivity contribution in [1.29, 1.82) is 0 Å². The molecule has 0 saturated heterocycles. The SMILES string of the molecule is CC(C)N1c2cc(NC(=O)CCC(=O)Oc3cc(C(C)(C)C)c(O)c(C(C)(C)C)c3)c(C3=C([O-])/C(=c4/cc5c(cc4NC(=O)CCC(=O)Oc4cc(C(C)(C)C)c(O)c(C(C)(C)C)c4)=[N+](C(C)C)C(C)C5(C)C)C3=O)cc2C(C)(C)C1C. The van der Waals surface area contributed by atoms with E-state index in [1.165, 1.54) is 0 Å². The molecule has 2 amide bonds. The first-order valence-electron chi connectivity index (χ1n) is 29.0. The van der Waals surface area contributed by atoms with Crippen LogP contribution >= 0.6 is 0 Å². The lowest BCUT2D eigenvalue weighted by Gasteiger charge is -2.34. The molecule has 0 bridgehead atoms. The Balaban J connectivity index is 1.26. The van der Waals surface area contributed by atoms with Crippen molar-refractivity contribution in [2.45, 2.75) is 235 Å². The van der Waals surface area contributed by atoms with E-state index in [-0.39, 0.29) is 106 Å². The molecule has 14 nitrogen and oxygen atoms in total. The number of allylic oxidation sites excluding steroid dienone is 2. The van der Waals surface area contributed by atoms with Gasteiger partial charge in [0.1, 0.15) is 29.0 Å². The van der Waals surface area contributed by atoms with Crippen molar-refractivity contribution in [3.8, 4) is 23.0 Å². The molecule has 14 heteroatoms. The molecule has 0 fully saturated rings. The van der Waals surface area contributed by atoms with Gasteiger partial charge >= 0.3 is 11.9 Å². The van der Waals surface area contributed by atoms with E-state index < -0.39 is 67.8 Å². The number of fused-ring (bicyclic) bond motifs is 2. The first-order valence-corrected chi connectivity index (χ1v) is 29.0. The summed E-state index contributed by atoms with van der Waals surface area (Å²) in [5.41, 5.74) is 2.86. The summed E-state index contributed by atoms with van der Waals surface area (Å²) in [6, 6.07) is 14.0. The lowest BCUT2D eigenvalue weighted by Crippen LogP contribution is -2.42. The summed E-state index contributed by atoms with van der Waals surface area (Å²) in [5, 5.41) is 44.6. The zero-order valence-electron chi connectivity index (χ0n) is 52.8. The van der Waals surface area contributed by atoms with Crippen molar-refractivity contribution in [2.75, 3.05) is 15.5 Å². The highest BCUT2D eigenvalue weighted by Gasteiger charge is 2.47. The maximum atomic E-state index is 15.1. The van der Waals surface area contributed by atoms with Crippen molar-refractivity contribution in [2.24, 2.45) is 0 Å². The highest BCUT2D eigenvalue weighted by molar-refractivity contribution is 6.52. The van der Waals surface area contributed by atoms with Gasteiger partial charge in [0.25, 0.3) is 0 Å². The molecule has 2 aliphatic heterocycles. The van der Waals surface area contributed by atoms with E-state index in [9.17, 15) is 29.4 Å². The van der Waals surface area contributed by atoms with E-state index in [2.05, 4.69) is 89.3 Å². The van der Waals surface area contributed by atoms with Crippen LogP contribution in [0.1, 0.15) is 217 Å². The third-order valence-corrected chi connectivity index (χ3v) is 17.2. The molecule has 2 atom stereocenters. The Kier molecular flexibility index (Phi) is 16.5. The van der Waals surface area contributed by atoms with Gasteiger partial charge in [-0.2, -0.15) is 0 Å². The van der Waals surface area contributed by atoms with Crippen LogP contribution in [-0.4, -0.2) is 63.9 Å². The third kappa shape index (κ3) is 11.8. The van der Waals surface area contributed by atoms with Gasteiger partial charge in [0.15, 0.2) is 11.8 Å². The minimum atomic E-state index is -0.654. The number of aromatic hydroxyl groups is 2. The summed E-state index contributed by atoms with van der Waals surface area (Å²) in [7, 11) is 0. The number of nitrogens with one attached hydrogen (secondary N) is 2. The number of hydrogen-bond acceptors (Lipinski definition) is 11. The number of carbonyl (C=O) groups excluding carboxylic acids is 5. The Labute approximate surface area is 486 Å². The average Bonchev–Trinajstić information content (AvgIpc) is 2.32. The quantitative estimate of drug-likeness (QED) is 0.0565. The van der Waals surface area contributed by atoms with Crippen LogP contribution in [0, 0.1) is 0 Å². The van der Waals surface area contributed by atoms with Gasteiger partial charge in [-0.1, -0.05) is 103 Å². The number of phenolic OH excluding ortho intramolecular Hbond substituents is 2. The van der Waals surface area contributed by atoms with Gasteiger partial charge in [-0.3, -0.25) is 24.0 Å². The van der Waals surface area contributed by atoms with E-state index >= 15 is 9.90 Å². The first kappa shape index (κ1) is 62.6. The van der Waals surface area contributed by atoms with Gasteiger partial charge in [0.05, 0.1) is 29.6 Å². The number of hydrogen-bond donors (Lipinski definition) is 4. The molecule has 0 aromatic heterocycles. The van der Waals surface area contributed by atoms with Crippen LogP contribution in [0.2, 0.25) is 0 Å². The Morgan fingerprint density at radius 3 is 1.43 bits per heavy atom. The molecule has 442 valence electrons. The van der Waals surface area contributed by atoms with Crippen LogP contribution in [-0.2, 0) is 56.5 Å². The predicted molar refractivity (Wildman–Crippen MR) is 324 cm³/mol. The number of carbonyl (C=O) groups is 5. The number of phenols is 2. The molecular formula is C68H90N4O10. The molecule has 4 aromatic carbocycles. The standard InChI is InChI=1S/C68H90N4O10/c1-35(2)71-37(5)67(19,20)43-31-41(49(33-51(43)71)69-53(73)23-25-55(75)81-39-27-45(63(7,8)9)59(77)46(28-39)64(10,11)12)57-61(79)58(62(57)80)42-32-44-52(72(36(3)4)38(6)68(44,21)22)34-50(42)70-54(74)24-26-56(76)82-40-29-47(65(13,14)15)60(78)48(30-40)66(16,17)18/h27-38H,23-26H2,1-22H3,(H4,69,70,73,74,77,78,79,80). The van der Waals surface area contributed by atoms with Gasteiger partial charge in [0.2, 0.25) is 17.2 Å². The summed E-state index contributed by atoms with van der Waals surface area (Å²) in [4.78, 5) is 72.6. The first-order chi connectivity index (χ1) is 37.5. The molecule has 0 spiro atoms. The van der Waals surface area contributed by atoms with Crippen LogP contribution in [0.25, 0.3) is 11.1 Å². The van der Waals surface area contributed by atoms with E-state index in [1.54, 1.807) is 24.3 Å². The van der Waals surface area contributed by atoms with Crippen LogP contribution in [0.4, 0.5) is 17.1 Å². The molecule has 82 heavy (non-hydrogen) atoms. The number of anilines is 3. The minimum absolute atomic E-state index is 0.000430. The summed E-state index contributed by atoms with van der Waals surface area (Å²) < 4.78 is 13.9. The highest BCUT2D eigenvalue weighted by atomic mass is 16.5. The van der Waals surface area contributed by atoms with Gasteiger partial charge in [-0.15, -0.1) is 0 Å². The van der Waals surface area contributed by atoms with E-state index in [0.717, 1.165) is 22.2 Å². The van der Waals surface area contributed by atoms with Crippen molar-refractivity contribution in [3.05, 3.63) is 104 Å². The molecule has 2 unspecified atom stereocenters. The molecule has 3 aliphatic rings. The summed E-state index contributed by atoms with van der Waals surface area (Å²) in [6.07, 6.45) is -1.13. The molecule has 7 rings (SSSR count). The number of ether oxygens (including phenoxy) is 2. The van der Waals surface area contributed by atoms with Crippen LogP contribution < -0.4 is 45.3 Å². The largest absolute Gasteiger partial charge is 0.871 e. The number of amides is 2. The maximum absolute atomic E-state index is 15.1. The Bertz CT molecular complexity index is 3410. The molecule has 1 aliphatic carbocycles. The highest BCUT2D eigenvalue weighted by Crippen LogP contribution is 2.51. The van der Waals surface area contributed by atoms with Crippen molar-refractivity contribution < 1.29 is 48.8 Å². The van der Waals surface area contributed by atoms with E-state index in [4.69, 9.17) is 9.47 Å².